The molecule has 0 saturated heterocycles. The van der Waals surface area contributed by atoms with Crippen LogP contribution in [-0.2, 0) is 0 Å². The lowest BCUT2D eigenvalue weighted by molar-refractivity contribution is 0.101. The second-order valence-electron chi connectivity index (χ2n) is 4.49. The molecule has 0 N–H and O–H groups in total. The second-order valence-corrected chi connectivity index (χ2v) is 9.24. The Balaban J connectivity index is 2.89. The van der Waals surface area contributed by atoms with Gasteiger partial charge in [-0.15, -0.1) is 5.54 Å². The summed E-state index contributed by atoms with van der Waals surface area (Å²) in [6.07, 6.45) is 1.58. The van der Waals surface area contributed by atoms with Crippen molar-refractivity contribution in [2.45, 2.75) is 26.6 Å². The van der Waals surface area contributed by atoms with E-state index in [-0.39, 0.29) is 5.78 Å². The van der Waals surface area contributed by atoms with Gasteiger partial charge in [-0.05, 0) is 19.1 Å². The van der Waals surface area contributed by atoms with E-state index < -0.39 is 8.07 Å². The van der Waals surface area contributed by atoms with Gasteiger partial charge in [0.2, 0.25) is 0 Å². The number of nitrogens with zero attached hydrogens (tertiary/aromatic N) is 1. The maximum Gasteiger partial charge on any atom is 0.161 e. The molecule has 15 heavy (non-hydrogen) atoms. The highest BCUT2D eigenvalue weighted by Crippen LogP contribution is 2.01. The van der Waals surface area contributed by atoms with E-state index in [1.165, 1.54) is 6.92 Å². The van der Waals surface area contributed by atoms with Crippen molar-refractivity contribution >= 4 is 13.9 Å². The smallest absolute Gasteiger partial charge is 0.161 e. The number of rotatable bonds is 1. The third kappa shape index (κ3) is 4.09. The highest BCUT2D eigenvalue weighted by Gasteiger charge is 2.07. The van der Waals surface area contributed by atoms with Crippen molar-refractivity contribution in [3.05, 3.63) is 29.6 Å². The fraction of sp³-hybridized carbons (Fsp3) is 0.333. The molecule has 0 unspecified atom stereocenters. The highest BCUT2D eigenvalue weighted by molar-refractivity contribution is 6.83. The van der Waals surface area contributed by atoms with Crippen molar-refractivity contribution in [2.75, 3.05) is 0 Å². The van der Waals surface area contributed by atoms with E-state index in [0.717, 1.165) is 5.69 Å². The first kappa shape index (κ1) is 11.7. The molecule has 78 valence electrons. The van der Waals surface area contributed by atoms with Gasteiger partial charge in [0.25, 0.3) is 0 Å². The zero-order valence-corrected chi connectivity index (χ0v) is 10.6. The van der Waals surface area contributed by atoms with Crippen LogP contribution in [0.5, 0.6) is 0 Å². The van der Waals surface area contributed by atoms with Gasteiger partial charge in [0.1, 0.15) is 13.8 Å². The van der Waals surface area contributed by atoms with Gasteiger partial charge >= 0.3 is 0 Å². The summed E-state index contributed by atoms with van der Waals surface area (Å²) in [5.74, 6) is 3.07. The van der Waals surface area contributed by atoms with Crippen molar-refractivity contribution in [1.82, 2.24) is 4.98 Å². The van der Waals surface area contributed by atoms with Crippen molar-refractivity contribution in [3.8, 4) is 11.5 Å². The van der Waals surface area contributed by atoms with Gasteiger partial charge in [-0.25, -0.2) is 4.98 Å². The van der Waals surface area contributed by atoms with Crippen molar-refractivity contribution in [3.63, 3.8) is 0 Å². The van der Waals surface area contributed by atoms with Gasteiger partial charge in [-0.1, -0.05) is 25.6 Å². The number of hydrogen-bond acceptors (Lipinski definition) is 2. The molecular weight excluding hydrogens is 202 g/mol. The minimum atomic E-state index is -1.34. The van der Waals surface area contributed by atoms with E-state index in [1.54, 1.807) is 18.3 Å². The van der Waals surface area contributed by atoms with E-state index >= 15 is 0 Å². The van der Waals surface area contributed by atoms with Crippen molar-refractivity contribution in [2.24, 2.45) is 0 Å². The summed E-state index contributed by atoms with van der Waals surface area (Å²) in [5.41, 5.74) is 4.60. The number of aromatic nitrogens is 1. The quantitative estimate of drug-likeness (QED) is 0.411. The molecule has 0 radical (unpaired) electrons. The standard InChI is InChI=1S/C12H15NOSi/c1-10(14)11-5-6-12(13-9-11)7-8-15(2,3)4/h5-6,9H,1-4H3. The average molecular weight is 217 g/mol. The van der Waals surface area contributed by atoms with Gasteiger partial charge in [0.05, 0.1) is 0 Å². The molecule has 0 aromatic carbocycles. The Labute approximate surface area is 91.7 Å². The number of carbonyl (C=O) groups excluding carboxylic acids is 1. The Bertz CT molecular complexity index is 418. The maximum atomic E-state index is 11.0. The molecule has 2 nitrogen and oxygen atoms in total. The highest BCUT2D eigenvalue weighted by atomic mass is 28.3. The maximum absolute atomic E-state index is 11.0. The van der Waals surface area contributed by atoms with Gasteiger partial charge in [0, 0.05) is 11.8 Å². The molecule has 0 saturated carbocycles. The molecule has 0 spiro atoms. The Morgan fingerprint density at radius 3 is 2.40 bits per heavy atom. The molecule has 3 heteroatoms. The van der Waals surface area contributed by atoms with Gasteiger partial charge in [0.15, 0.2) is 5.78 Å². The Morgan fingerprint density at radius 2 is 2.00 bits per heavy atom. The normalized spacial score (nSPS) is 10.4. The fourth-order valence-electron chi connectivity index (χ4n) is 0.928. The van der Waals surface area contributed by atoms with Crippen molar-refractivity contribution in [1.29, 1.82) is 0 Å². The molecule has 0 amide bonds. The molecule has 0 aliphatic heterocycles. The molecular formula is C12H15NOSi. The Hall–Kier alpha value is -1.40. The van der Waals surface area contributed by atoms with Crippen LogP contribution in [0.3, 0.4) is 0 Å². The van der Waals surface area contributed by atoms with Crippen LogP contribution in [0, 0.1) is 11.5 Å². The molecule has 1 heterocycles. The van der Waals surface area contributed by atoms with E-state index in [1.807, 2.05) is 0 Å². The summed E-state index contributed by atoms with van der Waals surface area (Å²) in [6, 6.07) is 3.56. The third-order valence-electron chi connectivity index (χ3n) is 1.74. The Morgan fingerprint density at radius 1 is 1.33 bits per heavy atom. The summed E-state index contributed by atoms with van der Waals surface area (Å²) in [5, 5.41) is 0. The van der Waals surface area contributed by atoms with Gasteiger partial charge in [-0.3, -0.25) is 4.79 Å². The van der Waals surface area contributed by atoms with E-state index in [9.17, 15) is 4.79 Å². The number of hydrogen-bond donors (Lipinski definition) is 0. The predicted octanol–water partition coefficient (Wildman–Crippen LogP) is 2.51. The molecule has 0 aliphatic rings. The van der Waals surface area contributed by atoms with Gasteiger partial charge < -0.3 is 0 Å². The molecule has 0 fully saturated rings. The average Bonchev–Trinajstić information content (AvgIpc) is 2.14. The van der Waals surface area contributed by atoms with E-state index in [2.05, 4.69) is 36.1 Å². The van der Waals surface area contributed by atoms with Crippen LogP contribution in [0.25, 0.3) is 0 Å². The second kappa shape index (κ2) is 4.41. The lowest BCUT2D eigenvalue weighted by Gasteiger charge is -2.03. The topological polar surface area (TPSA) is 30.0 Å². The summed E-state index contributed by atoms with van der Waals surface area (Å²) in [4.78, 5) is 15.1. The van der Waals surface area contributed by atoms with E-state index in [0.29, 0.717) is 5.56 Å². The lowest BCUT2D eigenvalue weighted by Crippen LogP contribution is -2.16. The molecule has 0 atom stereocenters. The van der Waals surface area contributed by atoms with Crippen LogP contribution in [0.2, 0.25) is 19.6 Å². The third-order valence-corrected chi connectivity index (χ3v) is 2.61. The number of pyridine rings is 1. The van der Waals surface area contributed by atoms with Crippen LogP contribution in [0.15, 0.2) is 18.3 Å². The predicted molar refractivity (Wildman–Crippen MR) is 64.5 cm³/mol. The first-order chi connectivity index (χ1) is 6.88. The van der Waals surface area contributed by atoms with Crippen LogP contribution in [0.4, 0.5) is 0 Å². The van der Waals surface area contributed by atoms with Crippen LogP contribution >= 0.6 is 0 Å². The molecule has 0 bridgehead atoms. The summed E-state index contributed by atoms with van der Waals surface area (Å²) >= 11 is 0. The van der Waals surface area contributed by atoms with Gasteiger partial charge in [-0.2, -0.15) is 0 Å². The number of carbonyl (C=O) groups is 1. The summed E-state index contributed by atoms with van der Waals surface area (Å²) < 4.78 is 0. The first-order valence-corrected chi connectivity index (χ1v) is 8.39. The monoisotopic (exact) mass is 217 g/mol. The van der Waals surface area contributed by atoms with Crippen molar-refractivity contribution < 1.29 is 4.79 Å². The molecule has 1 aromatic heterocycles. The SMILES string of the molecule is CC(=O)c1ccc(C#C[Si](C)(C)C)nc1. The minimum absolute atomic E-state index is 0.0344. The van der Waals surface area contributed by atoms with Crippen LogP contribution in [0.1, 0.15) is 23.0 Å². The van der Waals surface area contributed by atoms with E-state index in [4.69, 9.17) is 0 Å². The fourth-order valence-corrected chi connectivity index (χ4v) is 1.43. The minimum Gasteiger partial charge on any atom is -0.294 e. The van der Waals surface area contributed by atoms with Crippen LogP contribution in [-0.4, -0.2) is 18.8 Å². The lowest BCUT2D eigenvalue weighted by atomic mass is 10.2. The zero-order chi connectivity index (χ0) is 11.5. The molecule has 1 rings (SSSR count). The number of ketones is 1. The zero-order valence-electron chi connectivity index (χ0n) is 9.59. The summed E-state index contributed by atoms with van der Waals surface area (Å²) in [6.45, 7) is 8.09. The summed E-state index contributed by atoms with van der Waals surface area (Å²) in [7, 11) is -1.34. The molecule has 0 aliphatic carbocycles. The molecule has 1 aromatic rings. The number of Topliss-reactive ketones (excluding diaryl/α,β-unsaturated/α-hetero) is 1. The Kier molecular flexibility index (Phi) is 3.43. The van der Waals surface area contributed by atoms with Crippen LogP contribution < -0.4 is 0 Å². The first-order valence-electron chi connectivity index (χ1n) is 4.89. The largest absolute Gasteiger partial charge is 0.294 e.